The number of nitrogens with one attached hydrogen (secondary N) is 2. The zero-order valence-corrected chi connectivity index (χ0v) is 16.4. The molecule has 0 aromatic carbocycles. The molecule has 4 amide bonds. The Morgan fingerprint density at radius 1 is 1.07 bits per heavy atom. The molecule has 0 radical (unpaired) electrons. The second-order valence-corrected chi connectivity index (χ2v) is 7.18. The van der Waals surface area contributed by atoms with Crippen LogP contribution in [-0.4, -0.2) is 71.3 Å². The molecule has 0 aliphatic carbocycles. The second-order valence-electron chi connectivity index (χ2n) is 7.18. The Labute approximate surface area is 163 Å². The molecule has 2 aliphatic heterocycles. The maximum Gasteiger partial charge on any atom is 0.334 e. The Morgan fingerprint density at radius 3 is 2.36 bits per heavy atom. The summed E-state index contributed by atoms with van der Waals surface area (Å²) in [5, 5.41) is 5.80. The molecule has 10 heteroatoms. The van der Waals surface area contributed by atoms with Crippen molar-refractivity contribution >= 4 is 29.6 Å². The average Bonchev–Trinajstić information content (AvgIpc) is 3.24. The molecule has 0 saturated carbocycles. The van der Waals surface area contributed by atoms with Crippen molar-refractivity contribution in [3.05, 3.63) is 0 Å². The summed E-state index contributed by atoms with van der Waals surface area (Å²) in [6.45, 7) is 5.25. The van der Waals surface area contributed by atoms with E-state index in [4.69, 9.17) is 4.84 Å². The van der Waals surface area contributed by atoms with Crippen molar-refractivity contribution in [3.8, 4) is 0 Å². The van der Waals surface area contributed by atoms with Crippen LogP contribution in [0.4, 0.5) is 0 Å². The van der Waals surface area contributed by atoms with Gasteiger partial charge in [-0.05, 0) is 33.2 Å². The lowest BCUT2D eigenvalue weighted by Gasteiger charge is -2.27. The van der Waals surface area contributed by atoms with E-state index < -0.39 is 17.8 Å². The van der Waals surface area contributed by atoms with Gasteiger partial charge in [-0.2, -0.15) is 0 Å². The first-order valence-electron chi connectivity index (χ1n) is 9.66. The highest BCUT2D eigenvalue weighted by Gasteiger charge is 2.33. The van der Waals surface area contributed by atoms with Gasteiger partial charge in [0, 0.05) is 38.4 Å². The number of rotatable bonds is 9. The first-order valence-corrected chi connectivity index (χ1v) is 9.66. The predicted octanol–water partition coefficient (Wildman–Crippen LogP) is -0.521. The first kappa shape index (κ1) is 21.8. The molecule has 2 saturated heterocycles. The molecule has 1 atom stereocenters. The molecule has 1 unspecified atom stereocenters. The lowest BCUT2D eigenvalue weighted by atomic mass is 10.2. The summed E-state index contributed by atoms with van der Waals surface area (Å²) < 4.78 is 0. The summed E-state index contributed by atoms with van der Waals surface area (Å²) >= 11 is 0. The van der Waals surface area contributed by atoms with E-state index in [1.807, 2.05) is 0 Å². The number of hydrogen-bond donors (Lipinski definition) is 2. The van der Waals surface area contributed by atoms with Gasteiger partial charge in [0.05, 0.1) is 12.5 Å². The number of nitrogens with zero attached hydrogens (tertiary/aromatic N) is 2. The fourth-order valence-corrected chi connectivity index (χ4v) is 3.30. The summed E-state index contributed by atoms with van der Waals surface area (Å²) in [6, 6.07) is 0.154. The zero-order valence-electron chi connectivity index (χ0n) is 16.4. The van der Waals surface area contributed by atoms with Crippen molar-refractivity contribution in [3.63, 3.8) is 0 Å². The van der Waals surface area contributed by atoms with Crippen molar-refractivity contribution in [1.29, 1.82) is 0 Å². The highest BCUT2D eigenvalue weighted by molar-refractivity contribution is 6.01. The van der Waals surface area contributed by atoms with E-state index in [0.29, 0.717) is 11.1 Å². The maximum absolute atomic E-state index is 12.3. The van der Waals surface area contributed by atoms with E-state index in [0.717, 1.165) is 19.4 Å². The van der Waals surface area contributed by atoms with E-state index in [1.54, 1.807) is 0 Å². The minimum Gasteiger partial charge on any atom is -0.355 e. The van der Waals surface area contributed by atoms with Gasteiger partial charge in [-0.15, -0.1) is 5.06 Å². The SMILES string of the molecule is [13CH3]C([13CH3])[15N]1CCCC1C(=O)NC[13CH2][13C](=O)[15NH][13CH2][13CH2][13C](=O)ON1C(=O)CCC1=O. The summed E-state index contributed by atoms with van der Waals surface area (Å²) in [5.74, 6) is -2.24. The second kappa shape index (κ2) is 10.2. The third kappa shape index (κ3) is 6.01. The van der Waals surface area contributed by atoms with Gasteiger partial charge >= 0.3 is 5.97 Å². The number of amides is 4. The molecule has 2 aliphatic rings. The van der Waals surface area contributed by atoms with Gasteiger partial charge in [0.1, 0.15) is 0 Å². The van der Waals surface area contributed by atoms with Crippen molar-refractivity contribution in [2.75, 3.05) is 19.6 Å². The summed E-state index contributed by atoms with van der Waals surface area (Å²) in [6.07, 6.45) is 1.80. The molecule has 0 spiro atoms. The van der Waals surface area contributed by atoms with Crippen LogP contribution in [0.1, 0.15) is 52.4 Å². The number of likely N-dealkylation sites (tertiary alicyclic amines) is 1. The predicted molar refractivity (Wildman–Crippen MR) is 97.3 cm³/mol. The smallest absolute Gasteiger partial charge is 0.334 e. The van der Waals surface area contributed by atoms with Crippen LogP contribution < -0.4 is 10.6 Å². The minimum atomic E-state index is -0.771. The molecule has 10 nitrogen and oxygen atoms in total. The summed E-state index contributed by atoms with van der Waals surface area (Å²) in [5.41, 5.74) is 0. The molecule has 156 valence electrons. The Hall–Kier alpha value is -2.49. The van der Waals surface area contributed by atoms with Crippen LogP contribution in [0, 0.1) is 0 Å². The van der Waals surface area contributed by atoms with Gasteiger partial charge in [0.25, 0.3) is 11.8 Å². The van der Waals surface area contributed by atoms with Crippen LogP contribution in [0.15, 0.2) is 0 Å². The van der Waals surface area contributed by atoms with Crippen molar-refractivity contribution in [2.45, 2.75) is 64.5 Å². The van der Waals surface area contributed by atoms with E-state index in [9.17, 15) is 24.0 Å². The number of imide groups is 1. The fraction of sp³-hybridized carbons (Fsp3) is 0.722. The molecule has 2 rings (SSSR count). The van der Waals surface area contributed by atoms with Gasteiger partial charge in [-0.1, -0.05) is 0 Å². The van der Waals surface area contributed by atoms with Gasteiger partial charge < -0.3 is 15.5 Å². The quantitative estimate of drug-likeness (QED) is 0.300. The molecule has 2 heterocycles. The zero-order chi connectivity index (χ0) is 20.7. The largest absolute Gasteiger partial charge is 0.355 e. The van der Waals surface area contributed by atoms with Gasteiger partial charge in [0.2, 0.25) is 11.8 Å². The Kier molecular flexibility index (Phi) is 7.91. The standard InChI is InChI=1S/C18H28N4O6/c1-12(2)21-11-3-4-13(21)18(27)20-9-7-14(23)19-10-8-17(26)28-22-15(24)5-6-16(22)25/h12-13H,3-11H2,1-2H3,(H,19,23)(H,20,27)/i1+1,2+1,7+1,8+1,10+1,14+1,17+1,19+1,21+1. The van der Waals surface area contributed by atoms with Crippen LogP contribution in [0.5, 0.6) is 0 Å². The Balaban J connectivity index is 1.58. The fourth-order valence-electron chi connectivity index (χ4n) is 3.30. The van der Waals surface area contributed by atoms with Gasteiger partial charge in [-0.3, -0.25) is 24.1 Å². The van der Waals surface area contributed by atoms with Crippen LogP contribution >= 0.6 is 0 Å². The van der Waals surface area contributed by atoms with E-state index >= 15 is 0 Å². The maximum atomic E-state index is 12.3. The minimum absolute atomic E-state index is 0.0194. The molecule has 2 N–H and O–H groups in total. The van der Waals surface area contributed by atoms with E-state index in [1.165, 1.54) is 0 Å². The normalized spacial score (nSPS) is 20.0. The highest BCUT2D eigenvalue weighted by atomic mass is 16.8. The van der Waals surface area contributed by atoms with Crippen molar-refractivity contribution in [2.24, 2.45) is 0 Å². The molecular weight excluding hydrogens is 377 g/mol. The average molecular weight is 405 g/mol. The summed E-state index contributed by atoms with van der Waals surface area (Å²) in [4.78, 5) is 65.2. The van der Waals surface area contributed by atoms with Gasteiger partial charge in [0.15, 0.2) is 0 Å². The lowest BCUT2D eigenvalue weighted by molar-refractivity contribution is -0.197. The van der Waals surface area contributed by atoms with Crippen LogP contribution in [-0.2, 0) is 28.8 Å². The number of carbonyl (C=O) groups is 5. The van der Waals surface area contributed by atoms with Crippen LogP contribution in [0.2, 0.25) is 0 Å². The molecule has 2 fully saturated rings. The number of hydroxylamine groups is 2. The third-order valence-electron chi connectivity index (χ3n) is 4.76. The monoisotopic (exact) mass is 405 g/mol. The van der Waals surface area contributed by atoms with Crippen molar-refractivity contribution in [1.82, 2.24) is 20.6 Å². The Morgan fingerprint density at radius 2 is 1.71 bits per heavy atom. The summed E-state index contributed by atoms with van der Waals surface area (Å²) in [7, 11) is 0. The number of hydrogen-bond acceptors (Lipinski definition) is 7. The van der Waals surface area contributed by atoms with E-state index in [-0.39, 0.29) is 56.6 Å². The molecule has 0 bridgehead atoms. The van der Waals surface area contributed by atoms with Crippen molar-refractivity contribution < 1.29 is 28.8 Å². The van der Waals surface area contributed by atoms with E-state index in [2.05, 4.69) is 29.4 Å². The Bertz CT molecular complexity index is 620. The van der Waals surface area contributed by atoms with Crippen LogP contribution in [0.25, 0.3) is 0 Å². The highest BCUT2D eigenvalue weighted by Crippen LogP contribution is 2.19. The number of carbonyl (C=O) groups excluding carboxylic acids is 5. The van der Waals surface area contributed by atoms with Crippen LogP contribution in [0.3, 0.4) is 0 Å². The molecule has 0 aromatic rings. The topological polar surface area (TPSA) is 125 Å². The molecule has 28 heavy (non-hydrogen) atoms. The lowest BCUT2D eigenvalue weighted by Crippen LogP contribution is -2.46. The first-order chi connectivity index (χ1) is 13.3. The third-order valence-corrected chi connectivity index (χ3v) is 4.76. The van der Waals surface area contributed by atoms with Gasteiger partial charge in [-0.25, -0.2) is 4.79 Å². The molecular formula is C18H28N4O6. The molecule has 0 aromatic heterocycles.